The van der Waals surface area contributed by atoms with Crippen LogP contribution in [0.15, 0.2) is 4.99 Å². The minimum Gasteiger partial charge on any atom is -0.355 e. The van der Waals surface area contributed by atoms with Gasteiger partial charge in [0.2, 0.25) is 0 Å². The van der Waals surface area contributed by atoms with Crippen LogP contribution < -0.4 is 10.6 Å². The Kier molecular flexibility index (Phi) is 7.84. The van der Waals surface area contributed by atoms with Gasteiger partial charge in [0.1, 0.15) is 0 Å². The van der Waals surface area contributed by atoms with E-state index < -0.39 is 0 Å². The molecule has 0 spiro atoms. The second-order valence-electron chi connectivity index (χ2n) is 6.75. The van der Waals surface area contributed by atoms with Gasteiger partial charge in [0.15, 0.2) is 5.96 Å². The van der Waals surface area contributed by atoms with Gasteiger partial charge in [0, 0.05) is 64.9 Å². The lowest BCUT2D eigenvalue weighted by molar-refractivity contribution is 0.0154. The molecule has 2 atom stereocenters. The fourth-order valence-corrected chi connectivity index (χ4v) is 4.11. The number of hydrogen-bond acceptors (Lipinski definition) is 4. The zero-order valence-corrected chi connectivity index (χ0v) is 17.0. The highest BCUT2D eigenvalue weighted by molar-refractivity contribution is 14.0. The summed E-state index contributed by atoms with van der Waals surface area (Å²) < 4.78 is 0. The number of nitrogens with one attached hydrogen (secondary N) is 2. The van der Waals surface area contributed by atoms with Gasteiger partial charge in [-0.25, -0.2) is 0 Å². The molecule has 7 heteroatoms. The van der Waals surface area contributed by atoms with Crippen LogP contribution in [0.1, 0.15) is 19.8 Å². The Hall–Kier alpha value is -0.120. The van der Waals surface area contributed by atoms with Gasteiger partial charge in [-0.1, -0.05) is 6.92 Å². The van der Waals surface area contributed by atoms with E-state index in [4.69, 9.17) is 0 Å². The van der Waals surface area contributed by atoms with E-state index in [2.05, 4.69) is 37.2 Å². The molecular formula is C16H33IN6. The highest BCUT2D eigenvalue weighted by atomic mass is 127. The van der Waals surface area contributed by atoms with Crippen molar-refractivity contribution >= 4 is 29.9 Å². The van der Waals surface area contributed by atoms with Gasteiger partial charge < -0.3 is 10.6 Å². The van der Waals surface area contributed by atoms with E-state index in [1.807, 2.05) is 7.05 Å². The normalized spacial score (nSPS) is 34.3. The van der Waals surface area contributed by atoms with Gasteiger partial charge in [-0.15, -0.1) is 24.0 Å². The molecule has 0 amide bonds. The van der Waals surface area contributed by atoms with Crippen molar-refractivity contribution in [2.45, 2.75) is 31.8 Å². The van der Waals surface area contributed by atoms with Gasteiger partial charge in [-0.3, -0.25) is 19.7 Å². The molecule has 4 heterocycles. The maximum atomic E-state index is 4.39. The number of hydrogen-bond donors (Lipinski definition) is 2. The number of halogens is 1. The third-order valence-electron chi connectivity index (χ3n) is 5.53. The minimum absolute atomic E-state index is 0. The summed E-state index contributed by atoms with van der Waals surface area (Å²) in [6.07, 6.45) is 2.64. The molecule has 0 aromatic rings. The van der Waals surface area contributed by atoms with Gasteiger partial charge in [0.25, 0.3) is 0 Å². The lowest BCUT2D eigenvalue weighted by Crippen LogP contribution is -2.64. The molecule has 4 aliphatic rings. The molecule has 2 bridgehead atoms. The summed E-state index contributed by atoms with van der Waals surface area (Å²) in [5, 5.41) is 7.06. The van der Waals surface area contributed by atoms with Crippen molar-refractivity contribution in [3.05, 3.63) is 0 Å². The van der Waals surface area contributed by atoms with Crippen molar-refractivity contribution in [2.75, 3.05) is 66.0 Å². The molecule has 23 heavy (non-hydrogen) atoms. The first kappa shape index (κ1) is 19.2. The first-order valence-corrected chi connectivity index (χ1v) is 8.95. The molecule has 4 saturated heterocycles. The van der Waals surface area contributed by atoms with E-state index in [0.29, 0.717) is 12.1 Å². The summed E-state index contributed by atoms with van der Waals surface area (Å²) in [7, 11) is 1.87. The topological polar surface area (TPSA) is 46.1 Å². The van der Waals surface area contributed by atoms with E-state index >= 15 is 0 Å². The van der Waals surface area contributed by atoms with Crippen LogP contribution in [0.5, 0.6) is 0 Å². The second kappa shape index (κ2) is 9.39. The second-order valence-corrected chi connectivity index (χ2v) is 6.75. The number of aliphatic imine (C=N–C) groups is 1. The molecule has 6 nitrogen and oxygen atoms in total. The summed E-state index contributed by atoms with van der Waals surface area (Å²) in [5.41, 5.74) is 0. The molecule has 0 aliphatic carbocycles. The zero-order valence-electron chi connectivity index (χ0n) is 14.6. The third kappa shape index (κ3) is 4.93. The Morgan fingerprint density at radius 3 is 2.30 bits per heavy atom. The monoisotopic (exact) mass is 436 g/mol. The predicted octanol–water partition coefficient (Wildman–Crippen LogP) is 0.254. The average molecular weight is 436 g/mol. The van der Waals surface area contributed by atoms with E-state index in [1.54, 1.807) is 0 Å². The van der Waals surface area contributed by atoms with Crippen LogP contribution in [0, 0.1) is 0 Å². The van der Waals surface area contributed by atoms with E-state index in [1.165, 1.54) is 52.1 Å². The molecule has 134 valence electrons. The summed E-state index contributed by atoms with van der Waals surface area (Å²) >= 11 is 0. The largest absolute Gasteiger partial charge is 0.355 e. The number of likely N-dealkylation sites (N-methyl/N-ethyl adjacent to an activating group) is 1. The summed E-state index contributed by atoms with van der Waals surface area (Å²) in [4.78, 5) is 12.2. The number of fused-ring (bicyclic) bond motifs is 3. The SMILES string of the molecule is CCN1CCCC1CNC(=NC)NCC1CN2CCN1CC2.I. The van der Waals surface area contributed by atoms with Crippen LogP contribution >= 0.6 is 24.0 Å². The highest BCUT2D eigenvalue weighted by Gasteiger charge is 2.31. The summed E-state index contributed by atoms with van der Waals surface area (Å²) in [5.74, 6) is 0.959. The van der Waals surface area contributed by atoms with Gasteiger partial charge in [-0.05, 0) is 25.9 Å². The lowest BCUT2D eigenvalue weighted by atomic mass is 10.1. The van der Waals surface area contributed by atoms with Crippen molar-refractivity contribution in [3.8, 4) is 0 Å². The Morgan fingerprint density at radius 1 is 1.04 bits per heavy atom. The third-order valence-corrected chi connectivity index (χ3v) is 5.53. The Labute approximate surface area is 158 Å². The van der Waals surface area contributed by atoms with Crippen LogP contribution in [-0.2, 0) is 0 Å². The van der Waals surface area contributed by atoms with Crippen molar-refractivity contribution < 1.29 is 0 Å². The first-order valence-electron chi connectivity index (χ1n) is 8.95. The molecule has 0 saturated carbocycles. The van der Waals surface area contributed by atoms with Crippen molar-refractivity contribution in [1.29, 1.82) is 0 Å². The maximum Gasteiger partial charge on any atom is 0.191 e. The Balaban J connectivity index is 0.00000192. The average Bonchev–Trinajstić information content (AvgIpc) is 3.03. The molecule has 0 radical (unpaired) electrons. The quantitative estimate of drug-likeness (QED) is 0.368. The number of rotatable bonds is 5. The molecule has 0 aromatic heterocycles. The minimum atomic E-state index is 0. The number of likely N-dealkylation sites (tertiary alicyclic amines) is 1. The fourth-order valence-electron chi connectivity index (χ4n) is 4.11. The number of piperazine rings is 3. The molecule has 2 unspecified atom stereocenters. The summed E-state index contributed by atoms with van der Waals surface area (Å²) in [6.45, 7) is 12.8. The highest BCUT2D eigenvalue weighted by Crippen LogP contribution is 2.16. The predicted molar refractivity (Wildman–Crippen MR) is 107 cm³/mol. The van der Waals surface area contributed by atoms with Crippen molar-refractivity contribution in [1.82, 2.24) is 25.3 Å². The van der Waals surface area contributed by atoms with Crippen molar-refractivity contribution in [2.24, 2.45) is 4.99 Å². The van der Waals surface area contributed by atoms with Gasteiger partial charge >= 0.3 is 0 Å². The van der Waals surface area contributed by atoms with E-state index in [9.17, 15) is 0 Å². The van der Waals surface area contributed by atoms with E-state index in [-0.39, 0.29) is 24.0 Å². The molecule has 4 fully saturated rings. The van der Waals surface area contributed by atoms with Crippen LogP contribution in [0.25, 0.3) is 0 Å². The number of guanidine groups is 1. The summed E-state index contributed by atoms with van der Waals surface area (Å²) in [6, 6.07) is 1.31. The molecule has 2 N–H and O–H groups in total. The Bertz CT molecular complexity index is 383. The van der Waals surface area contributed by atoms with Gasteiger partial charge in [0.05, 0.1) is 0 Å². The molecule has 4 aliphatic heterocycles. The molecule has 4 rings (SSSR count). The smallest absolute Gasteiger partial charge is 0.191 e. The van der Waals surface area contributed by atoms with E-state index in [0.717, 1.165) is 25.6 Å². The van der Waals surface area contributed by atoms with Crippen LogP contribution in [0.2, 0.25) is 0 Å². The van der Waals surface area contributed by atoms with Crippen molar-refractivity contribution in [3.63, 3.8) is 0 Å². The standard InChI is InChI=1S/C16H32N6.HI/c1-3-21-6-4-5-14(21)11-18-16(17-2)19-12-15-13-20-7-9-22(15)10-8-20;/h14-15H,3-13H2,1-2H3,(H2,17,18,19);1H. The fraction of sp³-hybridized carbons (Fsp3) is 0.938. The Morgan fingerprint density at radius 2 is 1.74 bits per heavy atom. The van der Waals surface area contributed by atoms with Crippen LogP contribution in [0.4, 0.5) is 0 Å². The molecule has 0 aromatic carbocycles. The number of nitrogens with zero attached hydrogens (tertiary/aromatic N) is 4. The van der Waals surface area contributed by atoms with Crippen LogP contribution in [-0.4, -0.2) is 98.7 Å². The molecular weight excluding hydrogens is 403 g/mol. The maximum absolute atomic E-state index is 4.39. The van der Waals surface area contributed by atoms with Crippen LogP contribution in [0.3, 0.4) is 0 Å². The zero-order chi connectivity index (χ0) is 15.4. The first-order chi connectivity index (χ1) is 10.8. The lowest BCUT2D eigenvalue weighted by Gasteiger charge is -2.47. The van der Waals surface area contributed by atoms with Gasteiger partial charge in [-0.2, -0.15) is 0 Å².